The van der Waals surface area contributed by atoms with E-state index in [9.17, 15) is 14.9 Å². The molecule has 1 N–H and O–H groups in total. The molecule has 18 heavy (non-hydrogen) atoms. The number of nitrogens with one attached hydrogen (secondary N) is 1. The second-order valence-corrected chi connectivity index (χ2v) is 4.09. The van der Waals surface area contributed by atoms with Crippen LogP contribution in [0, 0.1) is 17.0 Å². The van der Waals surface area contributed by atoms with Gasteiger partial charge < -0.3 is 10.1 Å². The van der Waals surface area contributed by atoms with Gasteiger partial charge in [-0.15, -0.1) is 0 Å². The molecule has 1 rings (SSSR count). The van der Waals surface area contributed by atoms with Crippen LogP contribution in [0.15, 0.2) is 18.2 Å². The predicted molar refractivity (Wildman–Crippen MR) is 66.6 cm³/mol. The van der Waals surface area contributed by atoms with Crippen molar-refractivity contribution in [3.8, 4) is 0 Å². The summed E-state index contributed by atoms with van der Waals surface area (Å²) in [4.78, 5) is 22.0. The van der Waals surface area contributed by atoms with Crippen molar-refractivity contribution in [2.24, 2.45) is 0 Å². The number of amides is 1. The van der Waals surface area contributed by atoms with Crippen LogP contribution in [0.5, 0.6) is 0 Å². The second-order valence-electron chi connectivity index (χ2n) is 4.09. The lowest BCUT2D eigenvalue weighted by atomic mass is 10.1. The van der Waals surface area contributed by atoms with Crippen LogP contribution in [0.4, 0.5) is 5.69 Å². The summed E-state index contributed by atoms with van der Waals surface area (Å²) in [5.41, 5.74) is 0.879. The summed E-state index contributed by atoms with van der Waals surface area (Å²) < 4.78 is 4.91. The van der Waals surface area contributed by atoms with E-state index >= 15 is 0 Å². The van der Waals surface area contributed by atoms with Crippen LogP contribution in [0.25, 0.3) is 0 Å². The first-order valence-corrected chi connectivity index (χ1v) is 5.50. The van der Waals surface area contributed by atoms with E-state index in [2.05, 4.69) is 5.32 Å². The van der Waals surface area contributed by atoms with Gasteiger partial charge in [0.05, 0.1) is 11.5 Å². The van der Waals surface area contributed by atoms with Crippen LogP contribution in [-0.2, 0) is 4.74 Å². The average molecular weight is 252 g/mol. The van der Waals surface area contributed by atoms with Gasteiger partial charge in [0.25, 0.3) is 11.6 Å². The Morgan fingerprint density at radius 1 is 1.56 bits per heavy atom. The van der Waals surface area contributed by atoms with Crippen LogP contribution in [0.2, 0.25) is 0 Å². The Kier molecular flexibility index (Phi) is 4.79. The summed E-state index contributed by atoms with van der Waals surface area (Å²) in [6.07, 6.45) is 0. The highest BCUT2D eigenvalue weighted by atomic mass is 16.6. The highest BCUT2D eigenvalue weighted by Crippen LogP contribution is 2.18. The third-order valence-corrected chi connectivity index (χ3v) is 2.45. The lowest BCUT2D eigenvalue weighted by molar-refractivity contribution is -0.385. The molecule has 0 unspecified atom stereocenters. The van der Waals surface area contributed by atoms with Gasteiger partial charge in [-0.3, -0.25) is 14.9 Å². The minimum atomic E-state index is -0.468. The van der Waals surface area contributed by atoms with Gasteiger partial charge in [-0.05, 0) is 26.0 Å². The smallest absolute Gasteiger partial charge is 0.272 e. The molecular weight excluding hydrogens is 236 g/mol. The topological polar surface area (TPSA) is 81.5 Å². The first-order valence-electron chi connectivity index (χ1n) is 5.50. The van der Waals surface area contributed by atoms with Crippen LogP contribution in [0.1, 0.15) is 22.8 Å². The Hall–Kier alpha value is -1.95. The standard InChI is InChI=1S/C12H16N2O4/c1-8-6-10(4-5-11(8)14(16)17)12(15)13-9(2)7-18-3/h4-6,9H,7H2,1-3H3,(H,13,15)/t9-/m1/s1. The molecule has 0 bridgehead atoms. The maximum absolute atomic E-state index is 11.8. The zero-order valence-electron chi connectivity index (χ0n) is 10.6. The van der Waals surface area contributed by atoms with Gasteiger partial charge in [0.2, 0.25) is 0 Å². The molecule has 1 atom stereocenters. The van der Waals surface area contributed by atoms with Crippen molar-refractivity contribution in [2.75, 3.05) is 13.7 Å². The second kappa shape index (κ2) is 6.11. The van der Waals surface area contributed by atoms with Crippen molar-refractivity contribution in [3.63, 3.8) is 0 Å². The van der Waals surface area contributed by atoms with Crippen LogP contribution < -0.4 is 5.32 Å². The van der Waals surface area contributed by atoms with Crippen LogP contribution in [-0.4, -0.2) is 30.6 Å². The quantitative estimate of drug-likeness (QED) is 0.638. The highest BCUT2D eigenvalue weighted by molar-refractivity contribution is 5.94. The minimum Gasteiger partial charge on any atom is -0.383 e. The Labute approximate surface area is 105 Å². The monoisotopic (exact) mass is 252 g/mol. The predicted octanol–water partition coefficient (Wildman–Crippen LogP) is 1.67. The number of nitrogens with zero attached hydrogens (tertiary/aromatic N) is 1. The molecule has 0 aliphatic heterocycles. The number of aryl methyl sites for hydroxylation is 1. The van der Waals surface area contributed by atoms with E-state index < -0.39 is 4.92 Å². The Bertz CT molecular complexity index is 459. The molecular formula is C12H16N2O4. The lowest BCUT2D eigenvalue weighted by Crippen LogP contribution is -2.35. The van der Waals surface area contributed by atoms with Crippen molar-refractivity contribution in [1.82, 2.24) is 5.32 Å². The zero-order valence-corrected chi connectivity index (χ0v) is 10.6. The lowest BCUT2D eigenvalue weighted by Gasteiger charge is -2.12. The molecule has 1 aromatic carbocycles. The molecule has 0 heterocycles. The fourth-order valence-electron chi connectivity index (χ4n) is 1.60. The summed E-state index contributed by atoms with van der Waals surface area (Å²) in [6, 6.07) is 4.18. The van der Waals surface area contributed by atoms with Crippen molar-refractivity contribution >= 4 is 11.6 Å². The number of methoxy groups -OCH3 is 1. The number of carbonyl (C=O) groups is 1. The molecule has 98 valence electrons. The van der Waals surface area contributed by atoms with E-state index in [-0.39, 0.29) is 17.6 Å². The SMILES string of the molecule is COC[C@@H](C)NC(=O)c1ccc([N+](=O)[O-])c(C)c1. The fraction of sp³-hybridized carbons (Fsp3) is 0.417. The molecule has 6 heteroatoms. The van der Waals surface area contributed by atoms with Gasteiger partial charge in [-0.2, -0.15) is 0 Å². The summed E-state index contributed by atoms with van der Waals surface area (Å²) in [7, 11) is 1.55. The third kappa shape index (κ3) is 3.53. The molecule has 6 nitrogen and oxygen atoms in total. The number of hydrogen-bond acceptors (Lipinski definition) is 4. The number of hydrogen-bond donors (Lipinski definition) is 1. The number of ether oxygens (including phenoxy) is 1. The molecule has 0 radical (unpaired) electrons. The fourth-order valence-corrected chi connectivity index (χ4v) is 1.60. The maximum atomic E-state index is 11.8. The molecule has 0 aromatic heterocycles. The van der Waals surface area contributed by atoms with Crippen LogP contribution in [0.3, 0.4) is 0 Å². The third-order valence-electron chi connectivity index (χ3n) is 2.45. The van der Waals surface area contributed by atoms with Gasteiger partial charge in [0.1, 0.15) is 0 Å². The molecule has 1 amide bonds. The molecule has 1 aromatic rings. The number of nitro benzene ring substituents is 1. The molecule has 0 fully saturated rings. The van der Waals surface area contributed by atoms with E-state index in [0.717, 1.165) is 0 Å². The summed E-state index contributed by atoms with van der Waals surface area (Å²) >= 11 is 0. The summed E-state index contributed by atoms with van der Waals surface area (Å²) in [5.74, 6) is -0.266. The molecule has 0 aliphatic carbocycles. The highest BCUT2D eigenvalue weighted by Gasteiger charge is 2.14. The number of nitro groups is 1. The normalized spacial score (nSPS) is 11.9. The van der Waals surface area contributed by atoms with Crippen molar-refractivity contribution in [1.29, 1.82) is 0 Å². The molecule has 0 spiro atoms. The molecule has 0 saturated heterocycles. The summed E-state index contributed by atoms with van der Waals surface area (Å²) in [6.45, 7) is 3.84. The van der Waals surface area contributed by atoms with E-state index in [0.29, 0.717) is 17.7 Å². The average Bonchev–Trinajstić information content (AvgIpc) is 2.28. The molecule has 0 saturated carbocycles. The summed E-state index contributed by atoms with van der Waals surface area (Å²) in [5, 5.41) is 13.4. The van der Waals surface area contributed by atoms with Gasteiger partial charge in [0.15, 0.2) is 0 Å². The van der Waals surface area contributed by atoms with E-state index in [1.807, 2.05) is 6.92 Å². The van der Waals surface area contributed by atoms with Gasteiger partial charge >= 0.3 is 0 Å². The van der Waals surface area contributed by atoms with E-state index in [4.69, 9.17) is 4.74 Å². The van der Waals surface area contributed by atoms with Crippen LogP contribution >= 0.6 is 0 Å². The van der Waals surface area contributed by atoms with Gasteiger partial charge in [0, 0.05) is 30.3 Å². The first kappa shape index (κ1) is 14.1. The van der Waals surface area contributed by atoms with Gasteiger partial charge in [-0.25, -0.2) is 0 Å². The maximum Gasteiger partial charge on any atom is 0.272 e. The van der Waals surface area contributed by atoms with Crippen molar-refractivity contribution in [3.05, 3.63) is 39.4 Å². The molecule has 0 aliphatic rings. The number of rotatable bonds is 5. The van der Waals surface area contributed by atoms with E-state index in [1.54, 1.807) is 14.0 Å². The largest absolute Gasteiger partial charge is 0.383 e. The van der Waals surface area contributed by atoms with Gasteiger partial charge in [-0.1, -0.05) is 0 Å². The minimum absolute atomic E-state index is 0.0106. The Balaban J connectivity index is 2.81. The Morgan fingerprint density at radius 3 is 2.72 bits per heavy atom. The van der Waals surface area contributed by atoms with E-state index in [1.165, 1.54) is 18.2 Å². The number of carbonyl (C=O) groups excluding carboxylic acids is 1. The van der Waals surface area contributed by atoms with Crippen molar-refractivity contribution in [2.45, 2.75) is 19.9 Å². The van der Waals surface area contributed by atoms with Crippen molar-refractivity contribution < 1.29 is 14.5 Å². The first-order chi connectivity index (χ1) is 8.45. The Morgan fingerprint density at radius 2 is 2.22 bits per heavy atom. The number of benzene rings is 1. The zero-order chi connectivity index (χ0) is 13.7.